The van der Waals surface area contributed by atoms with Crippen molar-refractivity contribution in [2.45, 2.75) is 45.0 Å². The van der Waals surface area contributed by atoms with E-state index in [0.717, 1.165) is 19.5 Å². The molecule has 4 heteroatoms. The van der Waals surface area contributed by atoms with E-state index in [2.05, 4.69) is 19.6 Å². The summed E-state index contributed by atoms with van der Waals surface area (Å²) < 4.78 is 5.31. The average Bonchev–Trinajstić information content (AvgIpc) is 2.47. The molecule has 0 N–H and O–H groups in total. The number of amides is 1. The molecule has 0 aromatic rings. The topological polar surface area (TPSA) is 29.5 Å². The summed E-state index contributed by atoms with van der Waals surface area (Å²) in [5, 5.41) is 0.345. The van der Waals surface area contributed by atoms with Crippen LogP contribution in [0.15, 0.2) is 0 Å². The summed E-state index contributed by atoms with van der Waals surface area (Å²) in [7, 11) is 0. The van der Waals surface area contributed by atoms with Crippen LogP contribution in [-0.4, -0.2) is 34.9 Å². The summed E-state index contributed by atoms with van der Waals surface area (Å²) in [4.78, 5) is 13.5. The third-order valence-corrected chi connectivity index (χ3v) is 2.98. The van der Waals surface area contributed by atoms with Gasteiger partial charge in [-0.15, -0.1) is 0 Å². The number of hydrogen-bond acceptors (Lipinski definition) is 3. The van der Waals surface area contributed by atoms with Gasteiger partial charge in [-0.3, -0.25) is 0 Å². The monoisotopic (exact) mass is 231 g/mol. The molecule has 1 heterocycles. The lowest BCUT2D eigenvalue weighted by molar-refractivity contribution is 0.0288. The highest BCUT2D eigenvalue weighted by Gasteiger charge is 2.31. The number of likely N-dealkylation sites (tertiary alicyclic amines) is 1. The third-order valence-electron chi connectivity index (χ3n) is 2.56. The molecule has 1 aliphatic heterocycles. The summed E-state index contributed by atoms with van der Waals surface area (Å²) in [6, 6.07) is 0. The van der Waals surface area contributed by atoms with Gasteiger partial charge in [0.1, 0.15) is 5.60 Å². The summed E-state index contributed by atoms with van der Waals surface area (Å²) in [5.74, 6) is 0.501. The molecule has 1 aliphatic rings. The highest BCUT2D eigenvalue weighted by atomic mass is 32.1. The largest absolute Gasteiger partial charge is 0.444 e. The van der Waals surface area contributed by atoms with Gasteiger partial charge in [0, 0.05) is 18.3 Å². The van der Waals surface area contributed by atoms with Crippen molar-refractivity contribution in [3.05, 3.63) is 0 Å². The molecule has 88 valence electrons. The number of carbonyl (C=O) groups is 1. The van der Waals surface area contributed by atoms with Gasteiger partial charge >= 0.3 is 6.09 Å². The van der Waals surface area contributed by atoms with Crippen LogP contribution in [0, 0.1) is 5.92 Å². The van der Waals surface area contributed by atoms with Crippen LogP contribution >= 0.6 is 12.6 Å². The average molecular weight is 231 g/mol. The number of carbonyl (C=O) groups excluding carboxylic acids is 1. The Bertz CT molecular complexity index is 235. The summed E-state index contributed by atoms with van der Waals surface area (Å²) >= 11 is 4.41. The molecule has 2 unspecified atom stereocenters. The SMILES string of the molecule is CC(S)C1CCN(C(=O)OC(C)(C)C)C1. The molecule has 1 rings (SSSR count). The van der Waals surface area contributed by atoms with Gasteiger partial charge in [-0.1, -0.05) is 6.92 Å². The van der Waals surface area contributed by atoms with E-state index >= 15 is 0 Å². The number of ether oxygens (including phenoxy) is 1. The second-order valence-electron chi connectivity index (χ2n) is 5.22. The first-order valence-corrected chi connectivity index (χ1v) is 5.97. The molecule has 0 saturated carbocycles. The minimum Gasteiger partial charge on any atom is -0.444 e. The van der Waals surface area contributed by atoms with Crippen LogP contribution < -0.4 is 0 Å². The van der Waals surface area contributed by atoms with Gasteiger partial charge in [0.25, 0.3) is 0 Å². The van der Waals surface area contributed by atoms with Crippen molar-refractivity contribution < 1.29 is 9.53 Å². The van der Waals surface area contributed by atoms with Gasteiger partial charge < -0.3 is 9.64 Å². The van der Waals surface area contributed by atoms with Crippen molar-refractivity contribution in [1.29, 1.82) is 0 Å². The number of nitrogens with zero attached hydrogens (tertiary/aromatic N) is 1. The standard InChI is InChI=1S/C11H21NO2S/c1-8(15)9-5-6-12(7-9)10(13)14-11(2,3)4/h8-9,15H,5-7H2,1-4H3. The normalized spacial score (nSPS) is 24.1. The fraction of sp³-hybridized carbons (Fsp3) is 0.909. The van der Waals surface area contributed by atoms with E-state index < -0.39 is 5.60 Å². The van der Waals surface area contributed by atoms with Gasteiger partial charge in [0.15, 0.2) is 0 Å². The first kappa shape index (κ1) is 12.7. The molecule has 15 heavy (non-hydrogen) atoms. The Morgan fingerprint density at radius 1 is 1.53 bits per heavy atom. The van der Waals surface area contributed by atoms with E-state index in [1.54, 1.807) is 4.90 Å². The number of hydrogen-bond donors (Lipinski definition) is 1. The molecule has 3 nitrogen and oxygen atoms in total. The predicted molar refractivity (Wildman–Crippen MR) is 64.4 cm³/mol. The molecular weight excluding hydrogens is 210 g/mol. The van der Waals surface area contributed by atoms with Crippen LogP contribution in [-0.2, 0) is 4.74 Å². The molecule has 0 bridgehead atoms. The van der Waals surface area contributed by atoms with Gasteiger partial charge in [-0.25, -0.2) is 4.79 Å². The molecule has 0 radical (unpaired) electrons. The van der Waals surface area contributed by atoms with E-state index in [4.69, 9.17) is 4.74 Å². The fourth-order valence-electron chi connectivity index (χ4n) is 1.67. The Morgan fingerprint density at radius 3 is 2.53 bits per heavy atom. The second-order valence-corrected chi connectivity index (χ2v) is 6.03. The van der Waals surface area contributed by atoms with Gasteiger partial charge in [-0.05, 0) is 33.1 Å². The predicted octanol–water partition coefficient (Wildman–Crippen LogP) is 2.56. The van der Waals surface area contributed by atoms with Crippen molar-refractivity contribution >= 4 is 18.7 Å². The Morgan fingerprint density at radius 2 is 2.13 bits per heavy atom. The van der Waals surface area contributed by atoms with Crippen molar-refractivity contribution in [3.8, 4) is 0 Å². The maximum absolute atomic E-state index is 11.7. The minimum atomic E-state index is -0.401. The zero-order valence-electron chi connectivity index (χ0n) is 9.99. The Balaban J connectivity index is 2.44. The van der Waals surface area contributed by atoms with E-state index in [1.807, 2.05) is 20.8 Å². The Hall–Kier alpha value is -0.380. The highest BCUT2D eigenvalue weighted by Crippen LogP contribution is 2.24. The molecule has 1 saturated heterocycles. The Labute approximate surface area is 97.6 Å². The van der Waals surface area contributed by atoms with Crippen molar-refractivity contribution in [2.24, 2.45) is 5.92 Å². The van der Waals surface area contributed by atoms with Crippen LogP contribution in [0.2, 0.25) is 0 Å². The summed E-state index contributed by atoms with van der Waals surface area (Å²) in [6.45, 7) is 9.31. The van der Waals surface area contributed by atoms with Crippen LogP contribution in [0.4, 0.5) is 4.79 Å². The van der Waals surface area contributed by atoms with E-state index in [0.29, 0.717) is 11.2 Å². The third kappa shape index (κ3) is 3.93. The lowest BCUT2D eigenvalue weighted by Crippen LogP contribution is -2.35. The quantitative estimate of drug-likeness (QED) is 0.703. The maximum atomic E-state index is 11.7. The minimum absolute atomic E-state index is 0.195. The van der Waals surface area contributed by atoms with E-state index in [-0.39, 0.29) is 6.09 Å². The van der Waals surface area contributed by atoms with Crippen LogP contribution in [0.1, 0.15) is 34.1 Å². The maximum Gasteiger partial charge on any atom is 0.410 e. The summed E-state index contributed by atoms with van der Waals surface area (Å²) in [6.07, 6.45) is 0.836. The number of rotatable bonds is 1. The molecule has 2 atom stereocenters. The van der Waals surface area contributed by atoms with Gasteiger partial charge in [-0.2, -0.15) is 12.6 Å². The van der Waals surface area contributed by atoms with Crippen molar-refractivity contribution in [3.63, 3.8) is 0 Å². The van der Waals surface area contributed by atoms with Crippen molar-refractivity contribution in [1.82, 2.24) is 4.90 Å². The zero-order valence-corrected chi connectivity index (χ0v) is 10.9. The molecule has 0 aromatic heterocycles. The Kier molecular flexibility index (Phi) is 3.93. The van der Waals surface area contributed by atoms with Crippen LogP contribution in [0.3, 0.4) is 0 Å². The first-order valence-electron chi connectivity index (χ1n) is 5.45. The smallest absolute Gasteiger partial charge is 0.410 e. The second kappa shape index (κ2) is 4.64. The molecule has 0 spiro atoms. The molecule has 1 fully saturated rings. The molecule has 1 amide bonds. The molecule has 0 aliphatic carbocycles. The first-order chi connectivity index (χ1) is 6.79. The lowest BCUT2D eigenvalue weighted by atomic mass is 10.1. The lowest BCUT2D eigenvalue weighted by Gasteiger charge is -2.24. The summed E-state index contributed by atoms with van der Waals surface area (Å²) in [5.41, 5.74) is -0.401. The van der Waals surface area contributed by atoms with Crippen molar-refractivity contribution in [2.75, 3.05) is 13.1 Å². The van der Waals surface area contributed by atoms with Crippen LogP contribution in [0.25, 0.3) is 0 Å². The highest BCUT2D eigenvalue weighted by molar-refractivity contribution is 7.80. The van der Waals surface area contributed by atoms with Crippen LogP contribution in [0.5, 0.6) is 0 Å². The van der Waals surface area contributed by atoms with E-state index in [1.165, 1.54) is 0 Å². The zero-order chi connectivity index (χ0) is 11.6. The van der Waals surface area contributed by atoms with E-state index in [9.17, 15) is 4.79 Å². The molecular formula is C11H21NO2S. The van der Waals surface area contributed by atoms with Gasteiger partial charge in [0.05, 0.1) is 0 Å². The number of thiol groups is 1. The molecule has 0 aromatic carbocycles. The fourth-order valence-corrected chi connectivity index (χ4v) is 1.92. The van der Waals surface area contributed by atoms with Gasteiger partial charge in [0.2, 0.25) is 0 Å².